The van der Waals surface area contributed by atoms with E-state index in [2.05, 4.69) is 10.3 Å². The SMILES string of the molecule is CC(=O)N[C@@H](C)/C=C/c1ccc(Oc2ccc3c(c2)OCCC3)nc1. The lowest BCUT2D eigenvalue weighted by Gasteiger charge is -2.17. The number of pyridine rings is 1. The maximum absolute atomic E-state index is 11.0. The lowest BCUT2D eigenvalue weighted by atomic mass is 10.1. The lowest BCUT2D eigenvalue weighted by molar-refractivity contribution is -0.119. The summed E-state index contributed by atoms with van der Waals surface area (Å²) in [6, 6.07) is 9.63. The first-order chi connectivity index (χ1) is 12.1. The van der Waals surface area contributed by atoms with Crippen LogP contribution in [0.15, 0.2) is 42.6 Å². The van der Waals surface area contributed by atoms with E-state index in [1.165, 1.54) is 12.5 Å². The van der Waals surface area contributed by atoms with E-state index in [1.54, 1.807) is 6.20 Å². The van der Waals surface area contributed by atoms with Gasteiger partial charge in [-0.05, 0) is 43.0 Å². The Morgan fingerprint density at radius 1 is 1.36 bits per heavy atom. The molecule has 0 bridgehead atoms. The average molecular weight is 338 g/mol. The summed E-state index contributed by atoms with van der Waals surface area (Å²) < 4.78 is 11.5. The predicted octanol–water partition coefficient (Wildman–Crippen LogP) is 3.74. The molecule has 1 N–H and O–H groups in total. The number of aryl methyl sites for hydroxylation is 1. The fourth-order valence-electron chi connectivity index (χ4n) is 2.68. The number of amides is 1. The molecule has 0 aliphatic carbocycles. The van der Waals surface area contributed by atoms with Crippen LogP contribution in [0.25, 0.3) is 6.08 Å². The number of carbonyl (C=O) groups excluding carboxylic acids is 1. The van der Waals surface area contributed by atoms with Gasteiger partial charge >= 0.3 is 0 Å². The van der Waals surface area contributed by atoms with Crippen LogP contribution in [0.2, 0.25) is 0 Å². The molecule has 2 aromatic rings. The normalized spacial score (nSPS) is 14.5. The second-order valence-electron chi connectivity index (χ2n) is 6.10. The summed E-state index contributed by atoms with van der Waals surface area (Å²) in [6.45, 7) is 4.18. The van der Waals surface area contributed by atoms with Crippen molar-refractivity contribution in [2.75, 3.05) is 6.61 Å². The highest BCUT2D eigenvalue weighted by Crippen LogP contribution is 2.30. The van der Waals surface area contributed by atoms with E-state index >= 15 is 0 Å². The molecule has 0 unspecified atom stereocenters. The van der Waals surface area contributed by atoms with Crippen molar-refractivity contribution >= 4 is 12.0 Å². The lowest BCUT2D eigenvalue weighted by Crippen LogP contribution is -2.28. The van der Waals surface area contributed by atoms with Crippen LogP contribution in [-0.2, 0) is 11.2 Å². The van der Waals surface area contributed by atoms with E-state index < -0.39 is 0 Å². The van der Waals surface area contributed by atoms with Gasteiger partial charge in [-0.2, -0.15) is 0 Å². The third kappa shape index (κ3) is 4.83. The minimum Gasteiger partial charge on any atom is -0.493 e. The number of nitrogens with one attached hydrogen (secondary N) is 1. The van der Waals surface area contributed by atoms with Gasteiger partial charge in [0.15, 0.2) is 0 Å². The van der Waals surface area contributed by atoms with Gasteiger partial charge < -0.3 is 14.8 Å². The first-order valence-corrected chi connectivity index (χ1v) is 8.45. The Labute approximate surface area is 147 Å². The molecule has 0 saturated heterocycles. The molecule has 1 amide bonds. The number of aromatic nitrogens is 1. The van der Waals surface area contributed by atoms with Crippen molar-refractivity contribution in [2.45, 2.75) is 32.7 Å². The van der Waals surface area contributed by atoms with Gasteiger partial charge in [-0.15, -0.1) is 0 Å². The third-order valence-corrected chi connectivity index (χ3v) is 3.88. The van der Waals surface area contributed by atoms with Gasteiger partial charge in [0.1, 0.15) is 11.5 Å². The van der Waals surface area contributed by atoms with Crippen LogP contribution in [0, 0.1) is 0 Å². The first kappa shape index (κ1) is 17.0. The zero-order valence-corrected chi connectivity index (χ0v) is 14.5. The quantitative estimate of drug-likeness (QED) is 0.902. The van der Waals surface area contributed by atoms with Crippen molar-refractivity contribution in [1.29, 1.82) is 0 Å². The van der Waals surface area contributed by atoms with Crippen LogP contribution in [-0.4, -0.2) is 23.5 Å². The number of nitrogens with zero attached hydrogens (tertiary/aromatic N) is 1. The van der Waals surface area contributed by atoms with Crippen molar-refractivity contribution in [3.05, 3.63) is 53.7 Å². The summed E-state index contributed by atoms with van der Waals surface area (Å²) >= 11 is 0. The minimum absolute atomic E-state index is 0.0241. The number of rotatable bonds is 5. The zero-order valence-electron chi connectivity index (χ0n) is 14.5. The molecule has 1 atom stereocenters. The third-order valence-electron chi connectivity index (χ3n) is 3.88. The molecule has 130 valence electrons. The number of hydrogen-bond donors (Lipinski definition) is 1. The molecule has 2 heterocycles. The minimum atomic E-state index is -0.0481. The molecule has 0 radical (unpaired) electrons. The number of hydrogen-bond acceptors (Lipinski definition) is 4. The van der Waals surface area contributed by atoms with Gasteiger partial charge in [-0.25, -0.2) is 4.98 Å². The van der Waals surface area contributed by atoms with Crippen molar-refractivity contribution in [3.8, 4) is 17.4 Å². The van der Waals surface area contributed by atoms with Crippen molar-refractivity contribution in [3.63, 3.8) is 0 Å². The Morgan fingerprint density at radius 3 is 3.00 bits per heavy atom. The molecule has 1 aliphatic rings. The molecule has 1 aliphatic heterocycles. The fourth-order valence-corrected chi connectivity index (χ4v) is 2.68. The van der Waals surface area contributed by atoms with Gasteiger partial charge in [0.05, 0.1) is 6.61 Å². The molecule has 0 fully saturated rings. The van der Waals surface area contributed by atoms with Crippen LogP contribution in [0.1, 0.15) is 31.4 Å². The molecule has 1 aromatic heterocycles. The monoisotopic (exact) mass is 338 g/mol. The second kappa shape index (κ2) is 7.83. The maximum Gasteiger partial charge on any atom is 0.219 e. The first-order valence-electron chi connectivity index (χ1n) is 8.45. The van der Waals surface area contributed by atoms with Gasteiger partial charge in [0, 0.05) is 31.3 Å². The largest absolute Gasteiger partial charge is 0.493 e. The highest BCUT2D eigenvalue weighted by molar-refractivity contribution is 5.73. The summed E-state index contributed by atoms with van der Waals surface area (Å²) in [5.41, 5.74) is 2.17. The number of carbonyl (C=O) groups is 1. The van der Waals surface area contributed by atoms with Crippen molar-refractivity contribution < 1.29 is 14.3 Å². The van der Waals surface area contributed by atoms with Gasteiger partial charge in [-0.3, -0.25) is 4.79 Å². The van der Waals surface area contributed by atoms with Gasteiger partial charge in [0.25, 0.3) is 0 Å². The predicted molar refractivity (Wildman–Crippen MR) is 96.9 cm³/mol. The highest BCUT2D eigenvalue weighted by atomic mass is 16.5. The van der Waals surface area contributed by atoms with E-state index in [9.17, 15) is 4.79 Å². The molecule has 5 heteroatoms. The number of ether oxygens (including phenoxy) is 2. The number of benzene rings is 1. The van der Waals surface area contributed by atoms with E-state index in [1.807, 2.05) is 49.4 Å². The van der Waals surface area contributed by atoms with Crippen LogP contribution < -0.4 is 14.8 Å². The number of fused-ring (bicyclic) bond motifs is 1. The summed E-state index contributed by atoms with van der Waals surface area (Å²) in [5, 5.41) is 2.80. The van der Waals surface area contributed by atoms with Gasteiger partial charge in [0.2, 0.25) is 11.8 Å². The highest BCUT2D eigenvalue weighted by Gasteiger charge is 2.11. The molecule has 5 nitrogen and oxygen atoms in total. The van der Waals surface area contributed by atoms with E-state index in [0.717, 1.165) is 36.5 Å². The van der Waals surface area contributed by atoms with E-state index in [0.29, 0.717) is 5.88 Å². The van der Waals surface area contributed by atoms with Gasteiger partial charge in [-0.1, -0.05) is 18.2 Å². The van der Waals surface area contributed by atoms with Crippen LogP contribution in [0.5, 0.6) is 17.4 Å². The molecule has 0 saturated carbocycles. The molecule has 3 rings (SSSR count). The van der Waals surface area contributed by atoms with Crippen LogP contribution in [0.3, 0.4) is 0 Å². The summed E-state index contributed by atoms with van der Waals surface area (Å²) in [4.78, 5) is 15.3. The van der Waals surface area contributed by atoms with Crippen LogP contribution >= 0.6 is 0 Å². The average Bonchev–Trinajstić information content (AvgIpc) is 2.60. The summed E-state index contributed by atoms with van der Waals surface area (Å²) in [7, 11) is 0. The van der Waals surface area contributed by atoms with Crippen molar-refractivity contribution in [2.24, 2.45) is 0 Å². The summed E-state index contributed by atoms with van der Waals surface area (Å²) in [5.74, 6) is 2.10. The molecule has 0 spiro atoms. The fraction of sp³-hybridized carbons (Fsp3) is 0.300. The standard InChI is InChI=1S/C20H22N2O3/c1-14(22-15(2)23)5-6-16-7-10-20(21-13-16)25-18-9-8-17-4-3-11-24-19(17)12-18/h5-10,12-14H,3-4,11H2,1-2H3,(H,22,23)/b6-5+/t14-/m0/s1. The van der Waals surface area contributed by atoms with Crippen LogP contribution in [0.4, 0.5) is 0 Å². The smallest absolute Gasteiger partial charge is 0.219 e. The Balaban J connectivity index is 1.63. The molecular weight excluding hydrogens is 316 g/mol. The topological polar surface area (TPSA) is 60.5 Å². The Bertz CT molecular complexity index is 769. The maximum atomic E-state index is 11.0. The zero-order chi connectivity index (χ0) is 17.6. The molecule has 1 aromatic carbocycles. The Kier molecular flexibility index (Phi) is 5.33. The van der Waals surface area contributed by atoms with E-state index in [-0.39, 0.29) is 11.9 Å². The second-order valence-corrected chi connectivity index (χ2v) is 6.10. The Morgan fingerprint density at radius 2 is 2.24 bits per heavy atom. The molecule has 25 heavy (non-hydrogen) atoms. The van der Waals surface area contributed by atoms with Crippen molar-refractivity contribution in [1.82, 2.24) is 10.3 Å². The summed E-state index contributed by atoms with van der Waals surface area (Å²) in [6.07, 6.45) is 7.68. The van der Waals surface area contributed by atoms with E-state index in [4.69, 9.17) is 9.47 Å². The molecular formula is C20H22N2O3. The Hall–Kier alpha value is -2.82.